The molecule has 4 aliphatic carbocycles. The van der Waals surface area contributed by atoms with Crippen LogP contribution in [0.2, 0.25) is 0 Å². The summed E-state index contributed by atoms with van der Waals surface area (Å²) in [6.07, 6.45) is 12.3. The average Bonchev–Trinajstić information content (AvgIpc) is 2.91. The zero-order chi connectivity index (χ0) is 17.1. The molecule has 0 bridgehead atoms. The van der Waals surface area contributed by atoms with Crippen LogP contribution in [0, 0.1) is 34.5 Å². The number of carbonyl (C=O) groups is 1. The Morgan fingerprint density at radius 2 is 1.79 bits per heavy atom. The largest absolute Gasteiger partial charge is 0.381 e. The van der Waals surface area contributed by atoms with Crippen LogP contribution in [-0.2, 0) is 9.53 Å². The summed E-state index contributed by atoms with van der Waals surface area (Å²) in [5.74, 6) is 3.56. The molecule has 2 nitrogen and oxygen atoms in total. The maximum Gasteiger partial charge on any atom is 0.158 e. The van der Waals surface area contributed by atoms with E-state index in [0.29, 0.717) is 28.6 Å². The second-order valence-electron chi connectivity index (χ2n) is 9.62. The van der Waals surface area contributed by atoms with E-state index >= 15 is 0 Å². The Balaban J connectivity index is 1.65. The van der Waals surface area contributed by atoms with Crippen molar-refractivity contribution >= 4 is 5.78 Å². The van der Waals surface area contributed by atoms with Crippen molar-refractivity contribution in [2.75, 3.05) is 7.11 Å². The van der Waals surface area contributed by atoms with Crippen LogP contribution in [-0.4, -0.2) is 19.0 Å². The van der Waals surface area contributed by atoms with Crippen molar-refractivity contribution < 1.29 is 9.53 Å². The zero-order valence-corrected chi connectivity index (χ0v) is 15.9. The van der Waals surface area contributed by atoms with Crippen LogP contribution >= 0.6 is 0 Å². The van der Waals surface area contributed by atoms with Gasteiger partial charge in [-0.25, -0.2) is 0 Å². The lowest BCUT2D eigenvalue weighted by molar-refractivity contribution is -0.136. The van der Waals surface area contributed by atoms with Crippen molar-refractivity contribution in [1.82, 2.24) is 0 Å². The first-order chi connectivity index (χ1) is 11.4. The molecular weight excluding hydrogens is 296 g/mol. The van der Waals surface area contributed by atoms with Gasteiger partial charge in [0.1, 0.15) is 0 Å². The van der Waals surface area contributed by atoms with Gasteiger partial charge in [0.15, 0.2) is 5.78 Å². The fourth-order valence-corrected chi connectivity index (χ4v) is 7.61. The second kappa shape index (κ2) is 5.69. The van der Waals surface area contributed by atoms with Crippen molar-refractivity contribution in [3.05, 3.63) is 11.6 Å². The number of rotatable bonds is 1. The van der Waals surface area contributed by atoms with Gasteiger partial charge >= 0.3 is 0 Å². The first-order valence-corrected chi connectivity index (χ1v) is 10.1. The standard InChI is InChI=1S/C22H34O2/c1-5-14-13-22(3)15(12-19(14)23)6-7-16-17-8-9-20(24-4)21(17,2)11-10-18(16)22/h5,15-18,20H,6-13H2,1-4H3/t15?,16-,17-,18+,20?,21-,22-/m0/s1. The van der Waals surface area contributed by atoms with Crippen LogP contribution in [0.4, 0.5) is 0 Å². The SMILES string of the molecule is CC=C1C[C@@]2(C)C(CC[C@@H]3[C@H]2CC[C@]2(C)C(OC)CC[C@@H]32)CC1=O. The molecule has 24 heavy (non-hydrogen) atoms. The first-order valence-electron chi connectivity index (χ1n) is 10.1. The maximum atomic E-state index is 12.4. The molecule has 4 rings (SSSR count). The van der Waals surface area contributed by atoms with Crippen molar-refractivity contribution in [2.45, 2.75) is 78.2 Å². The summed E-state index contributed by atoms with van der Waals surface area (Å²) in [7, 11) is 1.91. The summed E-state index contributed by atoms with van der Waals surface area (Å²) in [4.78, 5) is 12.4. The van der Waals surface area contributed by atoms with E-state index in [1.54, 1.807) is 0 Å². The molecule has 0 saturated heterocycles. The summed E-state index contributed by atoms with van der Waals surface area (Å²) >= 11 is 0. The van der Waals surface area contributed by atoms with Gasteiger partial charge in [-0.15, -0.1) is 0 Å². The molecule has 0 aromatic carbocycles. The van der Waals surface area contributed by atoms with E-state index in [1.807, 2.05) is 7.11 Å². The van der Waals surface area contributed by atoms with Gasteiger partial charge in [-0.05, 0) is 91.9 Å². The van der Waals surface area contributed by atoms with E-state index in [9.17, 15) is 4.79 Å². The van der Waals surface area contributed by atoms with Crippen LogP contribution < -0.4 is 0 Å². The van der Waals surface area contributed by atoms with Crippen molar-refractivity contribution in [3.8, 4) is 0 Å². The van der Waals surface area contributed by atoms with E-state index in [-0.39, 0.29) is 0 Å². The van der Waals surface area contributed by atoms with Gasteiger partial charge < -0.3 is 4.74 Å². The molecule has 2 heteroatoms. The maximum absolute atomic E-state index is 12.4. The van der Waals surface area contributed by atoms with E-state index in [1.165, 1.54) is 38.5 Å². The van der Waals surface area contributed by atoms with Crippen molar-refractivity contribution in [1.29, 1.82) is 0 Å². The van der Waals surface area contributed by atoms with Gasteiger partial charge in [-0.1, -0.05) is 19.9 Å². The lowest BCUT2D eigenvalue weighted by Gasteiger charge is -2.60. The normalized spacial score (nSPS) is 52.8. The molecule has 4 aliphatic rings. The molecule has 4 fully saturated rings. The third kappa shape index (κ3) is 2.14. The summed E-state index contributed by atoms with van der Waals surface area (Å²) < 4.78 is 5.89. The number of hydrogen-bond donors (Lipinski definition) is 0. The highest BCUT2D eigenvalue weighted by molar-refractivity contribution is 5.96. The molecule has 2 unspecified atom stereocenters. The fourth-order valence-electron chi connectivity index (χ4n) is 7.61. The van der Waals surface area contributed by atoms with Crippen LogP contribution in [0.5, 0.6) is 0 Å². The van der Waals surface area contributed by atoms with E-state index in [4.69, 9.17) is 4.74 Å². The Labute approximate surface area is 147 Å². The highest BCUT2D eigenvalue weighted by Crippen LogP contribution is 2.66. The molecular formula is C22H34O2. The van der Waals surface area contributed by atoms with Gasteiger partial charge in [-0.2, -0.15) is 0 Å². The zero-order valence-electron chi connectivity index (χ0n) is 15.9. The quantitative estimate of drug-likeness (QED) is 0.620. The third-order valence-corrected chi connectivity index (χ3v) is 8.97. The number of ether oxygens (including phenoxy) is 1. The number of hydrogen-bond acceptors (Lipinski definition) is 2. The molecule has 0 aromatic heterocycles. The smallest absolute Gasteiger partial charge is 0.158 e. The molecule has 0 N–H and O–H groups in total. The Kier molecular flexibility index (Phi) is 3.99. The second-order valence-corrected chi connectivity index (χ2v) is 9.62. The van der Waals surface area contributed by atoms with Gasteiger partial charge in [0.05, 0.1) is 6.10 Å². The Morgan fingerprint density at radius 3 is 2.50 bits per heavy atom. The molecule has 134 valence electrons. The number of fused-ring (bicyclic) bond motifs is 5. The number of methoxy groups -OCH3 is 1. The minimum absolute atomic E-state index is 0.352. The lowest BCUT2D eigenvalue weighted by atomic mass is 9.45. The number of Topliss-reactive ketones (excluding diaryl/α,β-unsaturated/α-hetero) is 1. The average molecular weight is 331 g/mol. The summed E-state index contributed by atoms with van der Waals surface area (Å²) in [5, 5.41) is 0. The highest BCUT2D eigenvalue weighted by Gasteiger charge is 2.60. The number of allylic oxidation sites excluding steroid dienone is 2. The molecule has 0 radical (unpaired) electrons. The molecule has 7 atom stereocenters. The van der Waals surface area contributed by atoms with Gasteiger partial charge in [0, 0.05) is 13.5 Å². The van der Waals surface area contributed by atoms with Crippen LogP contribution in [0.25, 0.3) is 0 Å². The third-order valence-electron chi connectivity index (χ3n) is 8.97. The Bertz CT molecular complexity index is 564. The minimum atomic E-state index is 0.352. The molecule has 0 aliphatic heterocycles. The predicted molar refractivity (Wildman–Crippen MR) is 96.7 cm³/mol. The summed E-state index contributed by atoms with van der Waals surface area (Å²) in [6, 6.07) is 0. The Hall–Kier alpha value is -0.630. The van der Waals surface area contributed by atoms with Gasteiger partial charge in [0.25, 0.3) is 0 Å². The van der Waals surface area contributed by atoms with Crippen molar-refractivity contribution in [2.24, 2.45) is 34.5 Å². The lowest BCUT2D eigenvalue weighted by Crippen LogP contribution is -2.54. The number of carbonyl (C=O) groups excluding carboxylic acids is 1. The highest BCUT2D eigenvalue weighted by atomic mass is 16.5. The van der Waals surface area contributed by atoms with E-state index < -0.39 is 0 Å². The van der Waals surface area contributed by atoms with Crippen molar-refractivity contribution in [3.63, 3.8) is 0 Å². The molecule has 0 heterocycles. The molecule has 0 spiro atoms. The molecule has 0 aromatic rings. The van der Waals surface area contributed by atoms with Crippen LogP contribution in [0.1, 0.15) is 72.1 Å². The molecule has 4 saturated carbocycles. The van der Waals surface area contributed by atoms with E-state index in [2.05, 4.69) is 26.8 Å². The predicted octanol–water partition coefficient (Wildman–Crippen LogP) is 5.17. The molecule has 0 amide bonds. The van der Waals surface area contributed by atoms with Gasteiger partial charge in [0.2, 0.25) is 0 Å². The summed E-state index contributed by atoms with van der Waals surface area (Å²) in [6.45, 7) is 7.08. The topological polar surface area (TPSA) is 26.3 Å². The number of ketones is 1. The fraction of sp³-hybridized carbons (Fsp3) is 0.864. The summed E-state index contributed by atoms with van der Waals surface area (Å²) in [5.41, 5.74) is 1.86. The van der Waals surface area contributed by atoms with Gasteiger partial charge in [-0.3, -0.25) is 4.79 Å². The van der Waals surface area contributed by atoms with Crippen LogP contribution in [0.15, 0.2) is 11.6 Å². The van der Waals surface area contributed by atoms with Crippen LogP contribution in [0.3, 0.4) is 0 Å². The first kappa shape index (κ1) is 16.8. The van der Waals surface area contributed by atoms with E-state index in [0.717, 1.165) is 36.2 Å². The Morgan fingerprint density at radius 1 is 1.04 bits per heavy atom. The monoisotopic (exact) mass is 330 g/mol. The minimum Gasteiger partial charge on any atom is -0.381 e.